The van der Waals surface area contributed by atoms with Gasteiger partial charge in [0.1, 0.15) is 0 Å². The van der Waals surface area contributed by atoms with E-state index >= 15 is 0 Å². The van der Waals surface area contributed by atoms with Crippen molar-refractivity contribution in [1.82, 2.24) is 9.55 Å². The molecule has 0 saturated carbocycles. The van der Waals surface area contributed by atoms with Gasteiger partial charge in [-0.2, -0.15) is 13.7 Å². The van der Waals surface area contributed by atoms with Gasteiger partial charge in [-0.3, -0.25) is 4.72 Å². The van der Waals surface area contributed by atoms with E-state index in [-0.39, 0.29) is 5.03 Å². The number of nitriles is 1. The maximum Gasteiger partial charge on any atom is 0.280 e. The quantitative estimate of drug-likeness (QED) is 0.918. The maximum absolute atomic E-state index is 12.0. The van der Waals surface area contributed by atoms with Crippen LogP contribution in [-0.4, -0.2) is 18.0 Å². The smallest absolute Gasteiger partial charge is 0.280 e. The minimum absolute atomic E-state index is 0.0290. The third kappa shape index (κ3) is 2.92. The van der Waals surface area contributed by atoms with Crippen LogP contribution in [0, 0.1) is 11.3 Å². The molecule has 98 valence electrons. The average molecular weight is 276 g/mol. The molecule has 19 heavy (non-hydrogen) atoms. The van der Waals surface area contributed by atoms with E-state index in [9.17, 15) is 8.42 Å². The summed E-state index contributed by atoms with van der Waals surface area (Å²) in [6.45, 7) is 2.55. The number of hydrogen-bond donors (Lipinski definition) is 1. The molecular formula is C12H12N4O2S. The summed E-state index contributed by atoms with van der Waals surface area (Å²) in [4.78, 5) is 3.85. The third-order valence-corrected chi connectivity index (χ3v) is 3.78. The number of benzene rings is 1. The summed E-state index contributed by atoms with van der Waals surface area (Å²) in [7, 11) is -3.69. The fraction of sp³-hybridized carbons (Fsp3) is 0.167. The van der Waals surface area contributed by atoms with Crippen LogP contribution in [0.1, 0.15) is 12.5 Å². The molecule has 6 nitrogen and oxygen atoms in total. The van der Waals surface area contributed by atoms with E-state index in [1.54, 1.807) is 16.7 Å². The number of nitrogens with zero attached hydrogens (tertiary/aromatic N) is 3. The first-order valence-electron chi connectivity index (χ1n) is 5.60. The van der Waals surface area contributed by atoms with Gasteiger partial charge in [0.15, 0.2) is 5.03 Å². The number of aromatic nitrogens is 2. The molecule has 0 fully saturated rings. The van der Waals surface area contributed by atoms with Crippen molar-refractivity contribution >= 4 is 15.7 Å². The van der Waals surface area contributed by atoms with Crippen LogP contribution in [0.2, 0.25) is 0 Å². The Bertz CT molecular complexity index is 711. The average Bonchev–Trinajstić information content (AvgIpc) is 2.89. The Balaban J connectivity index is 2.23. The molecule has 0 aliphatic rings. The van der Waals surface area contributed by atoms with Gasteiger partial charge < -0.3 is 4.57 Å². The maximum atomic E-state index is 12.0. The predicted molar refractivity (Wildman–Crippen MR) is 69.9 cm³/mol. The molecule has 2 rings (SSSR count). The second kappa shape index (κ2) is 5.12. The SMILES string of the molecule is CCn1cnc(S(=O)(=O)Nc2ccc(C#N)cc2)c1. The van der Waals surface area contributed by atoms with Crippen molar-refractivity contribution in [2.75, 3.05) is 4.72 Å². The van der Waals surface area contributed by atoms with Crippen LogP contribution < -0.4 is 4.72 Å². The number of imidazole rings is 1. The van der Waals surface area contributed by atoms with Gasteiger partial charge in [0, 0.05) is 18.4 Å². The van der Waals surface area contributed by atoms with Gasteiger partial charge in [-0.15, -0.1) is 0 Å². The molecule has 7 heteroatoms. The Morgan fingerprint density at radius 1 is 1.37 bits per heavy atom. The van der Waals surface area contributed by atoms with Gasteiger partial charge in [0.2, 0.25) is 0 Å². The molecule has 0 atom stereocenters. The lowest BCUT2D eigenvalue weighted by Crippen LogP contribution is -2.13. The van der Waals surface area contributed by atoms with Crippen LogP contribution in [0.3, 0.4) is 0 Å². The van der Waals surface area contributed by atoms with Crippen molar-refractivity contribution in [2.24, 2.45) is 0 Å². The molecule has 0 bridgehead atoms. The minimum atomic E-state index is -3.69. The van der Waals surface area contributed by atoms with Gasteiger partial charge in [-0.05, 0) is 31.2 Å². The van der Waals surface area contributed by atoms with Crippen molar-refractivity contribution in [3.8, 4) is 6.07 Å². The Kier molecular flexibility index (Phi) is 3.53. The van der Waals surface area contributed by atoms with Crippen LogP contribution in [0.5, 0.6) is 0 Å². The third-order valence-electron chi connectivity index (χ3n) is 2.52. The number of hydrogen-bond acceptors (Lipinski definition) is 4. The fourth-order valence-corrected chi connectivity index (χ4v) is 2.48. The summed E-state index contributed by atoms with van der Waals surface area (Å²) < 4.78 is 28.2. The summed E-state index contributed by atoms with van der Waals surface area (Å²) >= 11 is 0. The van der Waals surface area contributed by atoms with Crippen LogP contribution in [-0.2, 0) is 16.6 Å². The molecule has 1 N–H and O–H groups in total. The lowest BCUT2D eigenvalue weighted by atomic mass is 10.2. The Hall–Kier alpha value is -2.33. The van der Waals surface area contributed by atoms with Crippen LogP contribution in [0.15, 0.2) is 41.8 Å². The van der Waals surface area contributed by atoms with E-state index in [2.05, 4.69) is 9.71 Å². The molecule has 0 amide bonds. The van der Waals surface area contributed by atoms with Crippen molar-refractivity contribution < 1.29 is 8.42 Å². The second-order valence-electron chi connectivity index (χ2n) is 3.84. The number of anilines is 1. The summed E-state index contributed by atoms with van der Waals surface area (Å²) in [6, 6.07) is 8.12. The summed E-state index contributed by atoms with van der Waals surface area (Å²) in [5.41, 5.74) is 0.864. The molecule has 1 aromatic heterocycles. The van der Waals surface area contributed by atoms with Crippen molar-refractivity contribution in [3.05, 3.63) is 42.4 Å². The zero-order valence-electron chi connectivity index (χ0n) is 10.2. The van der Waals surface area contributed by atoms with Gasteiger partial charge in [-0.1, -0.05) is 0 Å². The highest BCUT2D eigenvalue weighted by molar-refractivity contribution is 7.92. The summed E-state index contributed by atoms with van der Waals surface area (Å²) in [5.74, 6) is 0. The van der Waals surface area contributed by atoms with E-state index in [1.807, 2.05) is 13.0 Å². The second-order valence-corrected chi connectivity index (χ2v) is 5.47. The highest BCUT2D eigenvalue weighted by atomic mass is 32.2. The van der Waals surface area contributed by atoms with Gasteiger partial charge >= 0.3 is 0 Å². The van der Waals surface area contributed by atoms with Crippen LogP contribution in [0.4, 0.5) is 5.69 Å². The van der Waals surface area contributed by atoms with E-state index < -0.39 is 10.0 Å². The van der Waals surface area contributed by atoms with E-state index in [0.717, 1.165) is 0 Å². The molecule has 0 spiro atoms. The molecule has 0 aliphatic carbocycles. The van der Waals surface area contributed by atoms with E-state index in [0.29, 0.717) is 17.8 Å². The molecular weight excluding hydrogens is 264 g/mol. The highest BCUT2D eigenvalue weighted by Gasteiger charge is 2.17. The molecule has 1 aromatic carbocycles. The Labute approximate surface area is 111 Å². The standard InChI is InChI=1S/C12H12N4O2S/c1-2-16-8-12(14-9-16)19(17,18)15-11-5-3-10(7-13)4-6-11/h3-6,8-9,15H,2H2,1H3. The first-order chi connectivity index (χ1) is 9.05. The molecule has 0 aliphatic heterocycles. The lowest BCUT2D eigenvalue weighted by molar-refractivity contribution is 0.598. The number of rotatable bonds is 4. The largest absolute Gasteiger partial charge is 0.336 e. The van der Waals surface area contributed by atoms with Gasteiger partial charge in [0.05, 0.1) is 18.0 Å². The normalized spacial score (nSPS) is 10.9. The van der Waals surface area contributed by atoms with Crippen molar-refractivity contribution in [3.63, 3.8) is 0 Å². The number of aryl methyl sites for hydroxylation is 1. The summed E-state index contributed by atoms with van der Waals surface area (Å²) in [5, 5.41) is 8.64. The molecule has 0 saturated heterocycles. The topological polar surface area (TPSA) is 87.8 Å². The molecule has 0 radical (unpaired) electrons. The first-order valence-corrected chi connectivity index (χ1v) is 7.08. The molecule has 2 aromatic rings. The zero-order valence-corrected chi connectivity index (χ0v) is 11.1. The van der Waals surface area contributed by atoms with Crippen LogP contribution >= 0.6 is 0 Å². The van der Waals surface area contributed by atoms with E-state index in [1.165, 1.54) is 24.7 Å². The lowest BCUT2D eigenvalue weighted by Gasteiger charge is -2.05. The van der Waals surface area contributed by atoms with Crippen molar-refractivity contribution in [1.29, 1.82) is 5.26 Å². The number of sulfonamides is 1. The first kappa shape index (κ1) is 13.1. The van der Waals surface area contributed by atoms with Gasteiger partial charge in [0.25, 0.3) is 10.0 Å². The monoisotopic (exact) mass is 276 g/mol. The predicted octanol–water partition coefficient (Wildman–Crippen LogP) is 1.58. The van der Waals surface area contributed by atoms with Crippen LogP contribution in [0.25, 0.3) is 0 Å². The number of nitrogens with one attached hydrogen (secondary N) is 1. The molecule has 1 heterocycles. The fourth-order valence-electron chi connectivity index (χ4n) is 1.47. The Morgan fingerprint density at radius 2 is 2.05 bits per heavy atom. The minimum Gasteiger partial charge on any atom is -0.336 e. The Morgan fingerprint density at radius 3 is 2.58 bits per heavy atom. The highest BCUT2D eigenvalue weighted by Crippen LogP contribution is 2.15. The zero-order chi connectivity index (χ0) is 13.9. The van der Waals surface area contributed by atoms with E-state index in [4.69, 9.17) is 5.26 Å². The summed E-state index contributed by atoms with van der Waals surface area (Å²) in [6.07, 6.45) is 2.93. The van der Waals surface area contributed by atoms with Crippen molar-refractivity contribution in [2.45, 2.75) is 18.5 Å². The van der Waals surface area contributed by atoms with Gasteiger partial charge in [-0.25, -0.2) is 4.98 Å². The molecule has 0 unspecified atom stereocenters.